The number of carbonyl (C=O) groups is 4. The van der Waals surface area contributed by atoms with Crippen molar-refractivity contribution < 1.29 is 23.9 Å². The van der Waals surface area contributed by atoms with Gasteiger partial charge in [-0.1, -0.05) is 153 Å². The topological polar surface area (TPSA) is 117 Å². The molecule has 3 N–H and O–H groups in total. The molecule has 13 heteroatoms. The van der Waals surface area contributed by atoms with Gasteiger partial charge in [0.1, 0.15) is 0 Å². The Balaban J connectivity index is 0.000000714. The van der Waals surface area contributed by atoms with Gasteiger partial charge in [0.2, 0.25) is 0 Å². The van der Waals surface area contributed by atoms with Crippen LogP contribution >= 0.6 is 48.0 Å². The molecule has 1 heterocycles. The van der Waals surface area contributed by atoms with Crippen molar-refractivity contribution in [3.05, 3.63) is 191 Å². The molecule has 6 aromatic rings. The van der Waals surface area contributed by atoms with Crippen LogP contribution in [0.1, 0.15) is 118 Å². The van der Waals surface area contributed by atoms with Crippen molar-refractivity contribution in [2.45, 2.75) is 76.4 Å². The fourth-order valence-electron chi connectivity index (χ4n) is 8.16. The van der Waals surface area contributed by atoms with Crippen molar-refractivity contribution in [3.63, 3.8) is 0 Å². The molecule has 0 aromatic heterocycles. The van der Waals surface area contributed by atoms with Gasteiger partial charge in [0.15, 0.2) is 0 Å². The molecule has 0 spiro atoms. The molecule has 7 rings (SSSR count). The summed E-state index contributed by atoms with van der Waals surface area (Å²) in [5.74, 6) is -0.729. The molecule has 0 fully saturated rings. The van der Waals surface area contributed by atoms with E-state index in [0.717, 1.165) is 63.6 Å². The number of nitrogens with zero attached hydrogens (tertiary/aromatic N) is 1. The summed E-state index contributed by atoms with van der Waals surface area (Å²) in [6.07, 6.45) is 10.1. The number of allylic oxidation sites excluding steroid dienone is 1. The van der Waals surface area contributed by atoms with Crippen molar-refractivity contribution in [3.8, 4) is 0 Å². The molecular weight excluding hydrogens is 949 g/mol. The third kappa shape index (κ3) is 14.7. The van der Waals surface area contributed by atoms with Crippen molar-refractivity contribution in [1.29, 1.82) is 0 Å². The minimum Gasteiger partial charge on any atom is -0.466 e. The molecule has 0 bridgehead atoms. The molecule has 4 amide bonds. The Labute approximate surface area is 431 Å². The van der Waals surface area contributed by atoms with Crippen LogP contribution in [-0.2, 0) is 16.0 Å². The zero-order chi connectivity index (χ0) is 49.8. The first-order chi connectivity index (χ1) is 34.0. The van der Waals surface area contributed by atoms with Crippen molar-refractivity contribution in [2.24, 2.45) is 0 Å². The molecule has 9 nitrogen and oxygen atoms in total. The lowest BCUT2D eigenvalue weighted by atomic mass is 9.87. The number of rotatable bonds is 21. The number of amides is 4. The number of imide groups is 1. The highest BCUT2D eigenvalue weighted by molar-refractivity contribution is 8.24. The maximum atomic E-state index is 13.4. The highest BCUT2D eigenvalue weighted by Crippen LogP contribution is 2.43. The maximum absolute atomic E-state index is 13.4. The summed E-state index contributed by atoms with van der Waals surface area (Å²) in [4.78, 5) is 53.4. The summed E-state index contributed by atoms with van der Waals surface area (Å²) in [5, 5.41) is 4.08. The molecule has 6 aromatic carbocycles. The van der Waals surface area contributed by atoms with Gasteiger partial charge in [0.25, 0.3) is 11.8 Å². The van der Waals surface area contributed by atoms with Crippen LogP contribution in [0, 0.1) is 0 Å². The normalized spacial score (nSPS) is 12.5. The van der Waals surface area contributed by atoms with E-state index in [1.165, 1.54) is 16.0 Å². The van der Waals surface area contributed by atoms with Gasteiger partial charge in [0, 0.05) is 45.8 Å². The number of hydrogen-bond donors (Lipinski definition) is 3. The van der Waals surface area contributed by atoms with E-state index in [0.29, 0.717) is 52.7 Å². The Morgan fingerprint density at radius 2 is 1.44 bits per heavy atom. The van der Waals surface area contributed by atoms with Gasteiger partial charge in [-0.05, 0) is 116 Å². The highest BCUT2D eigenvalue weighted by Gasteiger charge is 2.32. The Bertz CT molecular complexity index is 2750. The number of hydrogen-bond acceptors (Lipinski definition) is 10. The van der Waals surface area contributed by atoms with Gasteiger partial charge >= 0.3 is 12.0 Å². The number of urea groups is 1. The fraction of sp³-hybridized carbons (Fsp3) is 0.263. The number of hydrazine groups is 1. The Kier molecular flexibility index (Phi) is 20.8. The fourth-order valence-corrected chi connectivity index (χ4v) is 10.3. The number of thiocarbonyl (C=S) groups is 2. The molecule has 0 aliphatic carbocycles. The van der Waals surface area contributed by atoms with Crippen LogP contribution in [0.25, 0.3) is 10.8 Å². The zero-order valence-corrected chi connectivity index (χ0v) is 43.2. The van der Waals surface area contributed by atoms with E-state index in [-0.39, 0.29) is 35.5 Å². The Morgan fingerprint density at radius 3 is 2.10 bits per heavy atom. The lowest BCUT2D eigenvalue weighted by Gasteiger charge is -2.26. The summed E-state index contributed by atoms with van der Waals surface area (Å²) in [5.41, 5.74) is 13.3. The minimum absolute atomic E-state index is 0.0886. The standard InChI is InChI=1S/C49H52N4O5S2.C8H8S2/c1-4-7-15-33-24-26-34(27-25-33)36(18-13-23-44(54)58-30-8-5-2)32-43(60-48(59)35-16-10-9-11-17-35)37-19-12-20-38(31-37)50-49(57)52-51-42-29-28-41-45-39(42)21-14-22-40(45)46(55)53(6-3)47(41)56;1-10-8(9)7-5-3-2-4-6-7/h4,9-12,14,16-17,19-22,24-29,31,36,43,51H,1,5-8,13,15,18,23,30,32H2,2-3H3,(H2,50,52,57);2-6H,1H3. The number of unbranched alkanes of at least 4 members (excludes halogenated alkanes) is 1. The molecule has 0 radical (unpaired) electrons. The summed E-state index contributed by atoms with van der Waals surface area (Å²) in [6.45, 7) is 8.44. The summed E-state index contributed by atoms with van der Waals surface area (Å²) < 4.78 is 7.20. The van der Waals surface area contributed by atoms with E-state index in [1.807, 2.05) is 97.3 Å². The molecule has 1 aliphatic rings. The van der Waals surface area contributed by atoms with Gasteiger partial charge in [-0.3, -0.25) is 30.1 Å². The monoisotopic (exact) mass is 1010 g/mol. The van der Waals surface area contributed by atoms with Gasteiger partial charge in [-0.2, -0.15) is 0 Å². The first-order valence-electron chi connectivity index (χ1n) is 23.6. The molecule has 2 atom stereocenters. The van der Waals surface area contributed by atoms with Gasteiger partial charge in [-0.15, -0.1) is 30.1 Å². The van der Waals surface area contributed by atoms with Gasteiger partial charge < -0.3 is 10.1 Å². The number of carbonyl (C=O) groups excluding carboxylic acids is 4. The zero-order valence-electron chi connectivity index (χ0n) is 39.9. The molecular formula is C57H60N4O5S4. The second-order valence-electron chi connectivity index (χ2n) is 16.7. The van der Waals surface area contributed by atoms with Crippen LogP contribution in [0.5, 0.6) is 0 Å². The average molecular weight is 1010 g/mol. The van der Waals surface area contributed by atoms with Crippen molar-refractivity contribution >= 4 is 102 Å². The number of aryl methyl sites for hydroxylation is 1. The first kappa shape index (κ1) is 53.2. The van der Waals surface area contributed by atoms with Crippen LogP contribution in [0.3, 0.4) is 0 Å². The second-order valence-corrected chi connectivity index (χ2v) is 20.0. The molecule has 362 valence electrons. The van der Waals surface area contributed by atoms with E-state index >= 15 is 0 Å². The van der Waals surface area contributed by atoms with Crippen LogP contribution in [0.2, 0.25) is 0 Å². The number of ether oxygens (including phenoxy) is 1. The van der Waals surface area contributed by atoms with E-state index in [9.17, 15) is 19.2 Å². The highest BCUT2D eigenvalue weighted by atomic mass is 32.2. The van der Waals surface area contributed by atoms with E-state index in [1.54, 1.807) is 54.7 Å². The van der Waals surface area contributed by atoms with E-state index in [4.69, 9.17) is 29.2 Å². The van der Waals surface area contributed by atoms with Crippen molar-refractivity contribution in [2.75, 3.05) is 30.1 Å². The largest absolute Gasteiger partial charge is 0.466 e. The molecule has 1 aliphatic heterocycles. The van der Waals surface area contributed by atoms with Crippen LogP contribution < -0.4 is 16.2 Å². The number of nitrogens with one attached hydrogen (secondary N) is 3. The Hall–Kier alpha value is -6.12. The molecule has 70 heavy (non-hydrogen) atoms. The first-order valence-corrected chi connectivity index (χ1v) is 26.6. The third-order valence-corrected chi connectivity index (χ3v) is 14.9. The number of esters is 1. The molecule has 0 saturated carbocycles. The van der Waals surface area contributed by atoms with Crippen LogP contribution in [-0.4, -0.2) is 56.5 Å². The summed E-state index contributed by atoms with van der Waals surface area (Å²) in [6, 6.07) is 44.8. The smallest absolute Gasteiger partial charge is 0.337 e. The van der Waals surface area contributed by atoms with Crippen molar-refractivity contribution in [1.82, 2.24) is 10.3 Å². The Morgan fingerprint density at radius 1 is 0.771 bits per heavy atom. The molecule has 0 saturated heterocycles. The third-order valence-electron chi connectivity index (χ3n) is 11.9. The number of benzene rings is 6. The van der Waals surface area contributed by atoms with E-state index in [2.05, 4.69) is 60.0 Å². The summed E-state index contributed by atoms with van der Waals surface area (Å²) in [7, 11) is 0. The van der Waals surface area contributed by atoms with Gasteiger partial charge in [0.05, 0.1) is 20.7 Å². The number of anilines is 2. The average Bonchev–Trinajstić information content (AvgIpc) is 3.39. The van der Waals surface area contributed by atoms with Crippen LogP contribution in [0.15, 0.2) is 152 Å². The summed E-state index contributed by atoms with van der Waals surface area (Å²) >= 11 is 14.4. The lowest BCUT2D eigenvalue weighted by molar-refractivity contribution is -0.143. The number of thioether (sulfide) groups is 2. The lowest BCUT2D eigenvalue weighted by Crippen LogP contribution is -2.40. The van der Waals surface area contributed by atoms with Gasteiger partial charge in [-0.25, -0.2) is 4.79 Å². The van der Waals surface area contributed by atoms with E-state index < -0.39 is 6.03 Å². The SMILES string of the molecule is C=CCCc1ccc(C(CCCC(=O)OCCCC)CC(SC(=S)c2ccccc2)c2cccc(NC(=O)NNc3ccc4c5c(cccc35)C(=O)N(CC)C4=O)c2)cc1.CSC(=S)c1ccccc1. The predicted molar refractivity (Wildman–Crippen MR) is 299 cm³/mol. The maximum Gasteiger partial charge on any atom is 0.337 e. The van der Waals surface area contributed by atoms with Crippen LogP contribution in [0.4, 0.5) is 16.2 Å². The predicted octanol–water partition coefficient (Wildman–Crippen LogP) is 14.3. The molecule has 2 unspecified atom stereocenters. The minimum atomic E-state index is -0.499. The quantitative estimate of drug-likeness (QED) is 0.0161. The second kappa shape index (κ2) is 27.3.